The molecule has 0 radical (unpaired) electrons. The highest BCUT2D eigenvalue weighted by atomic mass is 35.5. The van der Waals surface area contributed by atoms with E-state index in [-0.39, 0.29) is 11.4 Å². The summed E-state index contributed by atoms with van der Waals surface area (Å²) in [7, 11) is -4.32. The first-order valence-electron chi connectivity index (χ1n) is 5.91. The van der Waals surface area contributed by atoms with Crippen LogP contribution in [-0.2, 0) is 10.0 Å². The Balaban J connectivity index is 3.35. The summed E-state index contributed by atoms with van der Waals surface area (Å²) in [5.41, 5.74) is -2.18. The summed E-state index contributed by atoms with van der Waals surface area (Å²) in [6.07, 6.45) is 0.0978. The summed E-state index contributed by atoms with van der Waals surface area (Å²) < 4.78 is 26.7. The predicted octanol–water partition coefficient (Wildman–Crippen LogP) is 0.660. The Labute approximate surface area is 126 Å². The molecule has 1 aromatic carbocycles. The van der Waals surface area contributed by atoms with E-state index >= 15 is 0 Å². The second-order valence-electron chi connectivity index (χ2n) is 4.42. The van der Waals surface area contributed by atoms with Crippen molar-refractivity contribution < 1.29 is 23.6 Å². The van der Waals surface area contributed by atoms with Crippen LogP contribution < -0.4 is 4.72 Å². The van der Waals surface area contributed by atoms with Crippen LogP contribution in [0.4, 0.5) is 5.69 Å². The van der Waals surface area contributed by atoms with Crippen LogP contribution in [0.3, 0.4) is 0 Å². The van der Waals surface area contributed by atoms with Crippen molar-refractivity contribution in [3.63, 3.8) is 0 Å². The Morgan fingerprint density at radius 1 is 1.38 bits per heavy atom. The third-order valence-electron chi connectivity index (χ3n) is 3.04. The SMILES string of the molecule is CCC(CO)(CO)NS(=O)(=O)c1ccc(Cl)cc1[N+](=O)[O-]. The van der Waals surface area contributed by atoms with Gasteiger partial charge in [-0.2, -0.15) is 0 Å². The topological polar surface area (TPSA) is 130 Å². The monoisotopic (exact) mass is 338 g/mol. The van der Waals surface area contributed by atoms with Gasteiger partial charge in [-0.05, 0) is 18.6 Å². The highest BCUT2D eigenvalue weighted by molar-refractivity contribution is 7.89. The lowest BCUT2D eigenvalue weighted by molar-refractivity contribution is -0.387. The molecule has 21 heavy (non-hydrogen) atoms. The summed E-state index contributed by atoms with van der Waals surface area (Å²) >= 11 is 5.63. The van der Waals surface area contributed by atoms with E-state index in [0.717, 1.165) is 12.1 Å². The van der Waals surface area contributed by atoms with Gasteiger partial charge in [0.05, 0.1) is 23.7 Å². The van der Waals surface area contributed by atoms with Gasteiger partial charge in [-0.25, -0.2) is 13.1 Å². The standard InChI is InChI=1S/C11H15ClN2O6S/c1-2-11(6-15,7-16)13-21(19,20)10-4-3-8(12)5-9(10)14(17)18/h3-5,13,15-16H,2,6-7H2,1H3. The average molecular weight is 339 g/mol. The highest BCUT2D eigenvalue weighted by Gasteiger charge is 2.35. The van der Waals surface area contributed by atoms with E-state index in [2.05, 4.69) is 4.72 Å². The van der Waals surface area contributed by atoms with Crippen LogP contribution in [0.15, 0.2) is 23.1 Å². The molecule has 0 atom stereocenters. The number of halogens is 1. The molecule has 10 heteroatoms. The maximum absolute atomic E-state index is 12.3. The van der Waals surface area contributed by atoms with Crippen molar-refractivity contribution in [1.82, 2.24) is 4.72 Å². The molecule has 0 spiro atoms. The molecule has 0 aliphatic rings. The van der Waals surface area contributed by atoms with E-state index in [1.165, 1.54) is 6.07 Å². The summed E-state index contributed by atoms with van der Waals surface area (Å²) in [4.78, 5) is 9.50. The number of sulfonamides is 1. The third-order valence-corrected chi connectivity index (χ3v) is 4.90. The lowest BCUT2D eigenvalue weighted by Gasteiger charge is -2.29. The molecule has 0 aliphatic carbocycles. The van der Waals surface area contributed by atoms with Crippen molar-refractivity contribution in [3.8, 4) is 0 Å². The molecule has 1 aromatic rings. The van der Waals surface area contributed by atoms with Crippen molar-refractivity contribution in [1.29, 1.82) is 0 Å². The Morgan fingerprint density at radius 2 is 1.95 bits per heavy atom. The zero-order chi connectivity index (χ0) is 16.3. The van der Waals surface area contributed by atoms with Gasteiger partial charge in [0, 0.05) is 11.1 Å². The van der Waals surface area contributed by atoms with Gasteiger partial charge in [0.1, 0.15) is 0 Å². The largest absolute Gasteiger partial charge is 0.394 e. The van der Waals surface area contributed by atoms with E-state index in [1.807, 2.05) is 0 Å². The van der Waals surface area contributed by atoms with Crippen LogP contribution in [0.2, 0.25) is 5.02 Å². The molecule has 0 bridgehead atoms. The highest BCUT2D eigenvalue weighted by Crippen LogP contribution is 2.28. The van der Waals surface area contributed by atoms with E-state index in [0.29, 0.717) is 0 Å². The van der Waals surface area contributed by atoms with Crippen molar-refractivity contribution in [2.45, 2.75) is 23.8 Å². The van der Waals surface area contributed by atoms with Crippen molar-refractivity contribution in [2.75, 3.05) is 13.2 Å². The second-order valence-corrected chi connectivity index (χ2v) is 6.51. The number of benzene rings is 1. The predicted molar refractivity (Wildman–Crippen MR) is 75.6 cm³/mol. The Bertz CT molecular complexity index is 621. The van der Waals surface area contributed by atoms with Crippen LogP contribution in [-0.4, -0.2) is 42.3 Å². The van der Waals surface area contributed by atoms with E-state index in [4.69, 9.17) is 11.6 Å². The minimum atomic E-state index is -4.32. The van der Waals surface area contributed by atoms with Gasteiger partial charge in [0.2, 0.25) is 10.0 Å². The first-order valence-corrected chi connectivity index (χ1v) is 7.77. The number of nitrogens with zero attached hydrogens (tertiary/aromatic N) is 1. The quantitative estimate of drug-likeness (QED) is 0.494. The molecule has 3 N–H and O–H groups in total. The fraction of sp³-hybridized carbons (Fsp3) is 0.455. The first-order chi connectivity index (χ1) is 9.71. The molecule has 0 fully saturated rings. The molecular formula is C11H15ClN2O6S. The summed E-state index contributed by atoms with van der Waals surface area (Å²) in [5.74, 6) is 0. The molecule has 0 saturated heterocycles. The molecule has 0 heterocycles. The average Bonchev–Trinajstić information content (AvgIpc) is 2.44. The molecule has 118 valence electrons. The van der Waals surface area contributed by atoms with Crippen LogP contribution >= 0.6 is 11.6 Å². The normalized spacial score (nSPS) is 12.4. The number of aliphatic hydroxyl groups is 2. The van der Waals surface area contributed by atoms with E-state index in [1.54, 1.807) is 6.92 Å². The minimum absolute atomic E-state index is 0.0201. The number of hydrogen-bond acceptors (Lipinski definition) is 6. The number of nitro groups is 1. The molecule has 1 rings (SSSR count). The Kier molecular flexibility index (Phi) is 5.65. The summed E-state index contributed by atoms with van der Waals surface area (Å²) in [5, 5.41) is 29.5. The van der Waals surface area contributed by atoms with Crippen molar-refractivity contribution >= 4 is 27.3 Å². The molecule has 0 aromatic heterocycles. The van der Waals surface area contributed by atoms with Gasteiger partial charge < -0.3 is 10.2 Å². The van der Waals surface area contributed by atoms with E-state index < -0.39 is 44.3 Å². The number of hydrogen-bond donors (Lipinski definition) is 3. The lowest BCUT2D eigenvalue weighted by Crippen LogP contribution is -2.53. The maximum Gasteiger partial charge on any atom is 0.290 e. The number of rotatable bonds is 7. The molecular weight excluding hydrogens is 324 g/mol. The molecule has 8 nitrogen and oxygen atoms in total. The third kappa shape index (κ3) is 3.89. The minimum Gasteiger partial charge on any atom is -0.394 e. The molecule has 0 aliphatic heterocycles. The van der Waals surface area contributed by atoms with Crippen LogP contribution in [0.5, 0.6) is 0 Å². The zero-order valence-electron chi connectivity index (χ0n) is 11.1. The summed E-state index contributed by atoms with van der Waals surface area (Å²) in [6, 6.07) is 3.12. The first kappa shape index (κ1) is 17.8. The van der Waals surface area contributed by atoms with Crippen LogP contribution in [0.1, 0.15) is 13.3 Å². The number of aliphatic hydroxyl groups excluding tert-OH is 2. The van der Waals surface area contributed by atoms with Gasteiger partial charge in [0.15, 0.2) is 4.90 Å². The maximum atomic E-state index is 12.3. The molecule has 0 saturated carbocycles. The van der Waals surface area contributed by atoms with E-state index in [9.17, 15) is 28.7 Å². The van der Waals surface area contributed by atoms with Gasteiger partial charge >= 0.3 is 0 Å². The van der Waals surface area contributed by atoms with Crippen LogP contribution in [0, 0.1) is 10.1 Å². The number of nitro benzene ring substituents is 1. The van der Waals surface area contributed by atoms with Crippen molar-refractivity contribution in [2.24, 2.45) is 0 Å². The van der Waals surface area contributed by atoms with Gasteiger partial charge in [-0.1, -0.05) is 18.5 Å². The van der Waals surface area contributed by atoms with Gasteiger partial charge in [-0.15, -0.1) is 0 Å². The lowest BCUT2D eigenvalue weighted by atomic mass is 10.0. The molecule has 0 unspecified atom stereocenters. The fourth-order valence-electron chi connectivity index (χ4n) is 1.61. The summed E-state index contributed by atoms with van der Waals surface area (Å²) in [6.45, 7) is 0.256. The Morgan fingerprint density at radius 3 is 2.38 bits per heavy atom. The van der Waals surface area contributed by atoms with Crippen molar-refractivity contribution in [3.05, 3.63) is 33.3 Å². The number of nitrogens with one attached hydrogen (secondary N) is 1. The Hall–Kier alpha value is -1.26. The smallest absolute Gasteiger partial charge is 0.290 e. The molecule has 0 amide bonds. The van der Waals surface area contributed by atoms with Gasteiger partial charge in [0.25, 0.3) is 5.69 Å². The van der Waals surface area contributed by atoms with Crippen LogP contribution in [0.25, 0.3) is 0 Å². The van der Waals surface area contributed by atoms with Gasteiger partial charge in [-0.3, -0.25) is 10.1 Å². The second kappa shape index (κ2) is 6.67. The zero-order valence-corrected chi connectivity index (χ0v) is 12.7. The fourth-order valence-corrected chi connectivity index (χ4v) is 3.39.